The van der Waals surface area contributed by atoms with Crippen LogP contribution in [0.4, 0.5) is 5.00 Å². The lowest BCUT2D eigenvalue weighted by atomic mass is 10.4. The summed E-state index contributed by atoms with van der Waals surface area (Å²) in [5, 5.41) is 8.98. The van der Waals surface area contributed by atoms with Gasteiger partial charge >= 0.3 is 0 Å². The fraction of sp³-hybridized carbons (Fsp3) is 0.333. The number of aromatic nitrogens is 1. The minimum atomic E-state index is 0.344. The first-order valence-electron chi connectivity index (χ1n) is 3.07. The van der Waals surface area contributed by atoms with E-state index in [0.29, 0.717) is 23.1 Å². The molecule has 0 saturated heterocycles. The molecule has 4 nitrogen and oxygen atoms in total. The lowest BCUT2D eigenvalue weighted by Crippen LogP contribution is -1.93. The molecule has 0 bridgehead atoms. The zero-order chi connectivity index (χ0) is 8.27. The van der Waals surface area contributed by atoms with Crippen LogP contribution in [0.3, 0.4) is 0 Å². The molecule has 0 aromatic carbocycles. The van der Waals surface area contributed by atoms with Crippen LogP contribution in [0.2, 0.25) is 0 Å². The average molecular weight is 169 g/mol. The predicted molar refractivity (Wildman–Crippen MR) is 42.4 cm³/mol. The van der Waals surface area contributed by atoms with Gasteiger partial charge in [-0.1, -0.05) is 0 Å². The SMILES string of the molecule is CCOc1nsc(N)c1C#N. The molecule has 0 atom stereocenters. The zero-order valence-corrected chi connectivity index (χ0v) is 6.81. The Balaban J connectivity index is 2.98. The van der Waals surface area contributed by atoms with Crippen LogP contribution in [0.15, 0.2) is 0 Å². The van der Waals surface area contributed by atoms with E-state index in [-0.39, 0.29) is 0 Å². The minimum absolute atomic E-state index is 0.344. The molecule has 5 heteroatoms. The van der Waals surface area contributed by atoms with Gasteiger partial charge in [0.2, 0.25) is 5.88 Å². The number of nitriles is 1. The smallest absolute Gasteiger partial charge is 0.245 e. The quantitative estimate of drug-likeness (QED) is 0.716. The highest BCUT2D eigenvalue weighted by Gasteiger charge is 2.10. The van der Waals surface area contributed by atoms with Gasteiger partial charge in [-0.05, 0) is 18.5 Å². The molecule has 1 rings (SSSR count). The van der Waals surface area contributed by atoms with Crippen molar-refractivity contribution in [3.8, 4) is 11.9 Å². The largest absolute Gasteiger partial charge is 0.476 e. The summed E-state index contributed by atoms with van der Waals surface area (Å²) in [5.41, 5.74) is 5.78. The van der Waals surface area contributed by atoms with Gasteiger partial charge in [0.15, 0.2) is 0 Å². The van der Waals surface area contributed by atoms with E-state index in [2.05, 4.69) is 4.37 Å². The van der Waals surface area contributed by atoms with Gasteiger partial charge in [-0.2, -0.15) is 9.64 Å². The van der Waals surface area contributed by atoms with Gasteiger partial charge in [0.05, 0.1) is 6.61 Å². The number of hydrogen-bond acceptors (Lipinski definition) is 5. The van der Waals surface area contributed by atoms with E-state index in [0.717, 1.165) is 11.5 Å². The van der Waals surface area contributed by atoms with Crippen LogP contribution in [0.25, 0.3) is 0 Å². The summed E-state index contributed by atoms with van der Waals surface area (Å²) in [4.78, 5) is 0. The second kappa shape index (κ2) is 3.21. The molecule has 2 N–H and O–H groups in total. The van der Waals surface area contributed by atoms with Crippen molar-refractivity contribution in [1.82, 2.24) is 4.37 Å². The molecule has 11 heavy (non-hydrogen) atoms. The van der Waals surface area contributed by atoms with Gasteiger partial charge in [-0.15, -0.1) is 0 Å². The van der Waals surface area contributed by atoms with Crippen molar-refractivity contribution in [3.63, 3.8) is 0 Å². The summed E-state index contributed by atoms with van der Waals surface area (Å²) in [6, 6.07) is 1.93. The fourth-order valence-corrected chi connectivity index (χ4v) is 1.17. The molecule has 0 unspecified atom stereocenters. The number of nitrogens with two attached hydrogens (primary N) is 1. The molecular weight excluding hydrogens is 162 g/mol. The highest BCUT2D eigenvalue weighted by molar-refractivity contribution is 7.10. The number of anilines is 1. The van der Waals surface area contributed by atoms with Crippen LogP contribution in [-0.4, -0.2) is 11.0 Å². The second-order valence-electron chi connectivity index (χ2n) is 1.77. The van der Waals surface area contributed by atoms with Gasteiger partial charge in [-0.25, -0.2) is 0 Å². The molecule has 58 valence electrons. The average Bonchev–Trinajstić information content (AvgIpc) is 2.33. The Kier molecular flexibility index (Phi) is 2.28. The van der Waals surface area contributed by atoms with Gasteiger partial charge in [0.25, 0.3) is 0 Å². The molecule has 1 heterocycles. The van der Waals surface area contributed by atoms with Gasteiger partial charge in [0.1, 0.15) is 16.6 Å². The van der Waals surface area contributed by atoms with Crippen molar-refractivity contribution in [3.05, 3.63) is 5.56 Å². The summed E-state index contributed by atoms with van der Waals surface area (Å²) < 4.78 is 8.89. The van der Waals surface area contributed by atoms with Crippen LogP contribution in [0.5, 0.6) is 5.88 Å². The van der Waals surface area contributed by atoms with E-state index in [1.165, 1.54) is 0 Å². The Morgan fingerprint density at radius 2 is 2.55 bits per heavy atom. The number of rotatable bonds is 2. The Labute approximate surface area is 68.4 Å². The normalized spacial score (nSPS) is 9.09. The fourth-order valence-electron chi connectivity index (χ4n) is 0.625. The third kappa shape index (κ3) is 1.41. The van der Waals surface area contributed by atoms with Crippen LogP contribution < -0.4 is 10.5 Å². The van der Waals surface area contributed by atoms with E-state index in [9.17, 15) is 0 Å². The highest BCUT2D eigenvalue weighted by atomic mass is 32.1. The van der Waals surface area contributed by atoms with E-state index in [4.69, 9.17) is 15.7 Å². The van der Waals surface area contributed by atoms with Crippen LogP contribution in [0, 0.1) is 11.3 Å². The van der Waals surface area contributed by atoms with Gasteiger partial charge < -0.3 is 10.5 Å². The molecule has 0 radical (unpaired) electrons. The van der Waals surface area contributed by atoms with Gasteiger partial charge in [-0.3, -0.25) is 0 Å². The Hall–Kier alpha value is -1.28. The van der Waals surface area contributed by atoms with Gasteiger partial charge in [0, 0.05) is 0 Å². The summed E-state index contributed by atoms with van der Waals surface area (Å²) >= 11 is 1.08. The number of hydrogen-bond donors (Lipinski definition) is 1. The molecule has 1 aromatic heterocycles. The van der Waals surface area contributed by atoms with Crippen molar-refractivity contribution in [2.24, 2.45) is 0 Å². The van der Waals surface area contributed by atoms with Crippen molar-refractivity contribution < 1.29 is 4.74 Å². The van der Waals surface area contributed by atoms with Crippen LogP contribution in [0.1, 0.15) is 12.5 Å². The molecule has 0 saturated carbocycles. The Morgan fingerprint density at radius 1 is 1.82 bits per heavy atom. The maximum Gasteiger partial charge on any atom is 0.245 e. The summed E-state index contributed by atoms with van der Waals surface area (Å²) in [7, 11) is 0. The van der Waals surface area contributed by atoms with E-state index in [1.54, 1.807) is 0 Å². The first-order valence-corrected chi connectivity index (χ1v) is 3.85. The third-order valence-corrected chi connectivity index (χ3v) is 1.74. The molecule has 0 aliphatic carbocycles. The Morgan fingerprint density at radius 3 is 3.09 bits per heavy atom. The van der Waals surface area contributed by atoms with E-state index < -0.39 is 0 Å². The molecule has 0 spiro atoms. The van der Waals surface area contributed by atoms with Crippen molar-refractivity contribution in [2.45, 2.75) is 6.92 Å². The predicted octanol–water partition coefficient (Wildman–Crippen LogP) is 0.996. The maximum absolute atomic E-state index is 8.57. The summed E-state index contributed by atoms with van der Waals surface area (Å²) in [6.45, 7) is 2.33. The van der Waals surface area contributed by atoms with Crippen LogP contribution >= 0.6 is 11.5 Å². The van der Waals surface area contributed by atoms with Crippen LogP contribution in [-0.2, 0) is 0 Å². The molecule has 0 amide bonds. The highest BCUT2D eigenvalue weighted by Crippen LogP contribution is 2.26. The molecule has 0 aliphatic heterocycles. The third-order valence-electron chi connectivity index (χ3n) is 1.08. The van der Waals surface area contributed by atoms with E-state index in [1.807, 2.05) is 13.0 Å². The number of ether oxygens (including phenoxy) is 1. The second-order valence-corrected chi connectivity index (χ2v) is 2.58. The zero-order valence-electron chi connectivity index (χ0n) is 6.00. The topological polar surface area (TPSA) is 71.9 Å². The lowest BCUT2D eigenvalue weighted by molar-refractivity contribution is 0.329. The standard InChI is InChI=1S/C6H7N3OS/c1-2-10-6-4(3-7)5(8)11-9-6/h2,8H2,1H3. The first-order chi connectivity index (χ1) is 5.29. The van der Waals surface area contributed by atoms with Crippen molar-refractivity contribution in [2.75, 3.05) is 12.3 Å². The molecule has 1 aromatic rings. The maximum atomic E-state index is 8.57. The van der Waals surface area contributed by atoms with Crippen molar-refractivity contribution >= 4 is 16.5 Å². The summed E-state index contributed by atoms with van der Waals surface area (Å²) in [5.74, 6) is 0.345. The minimum Gasteiger partial charge on any atom is -0.476 e. The first kappa shape index (κ1) is 7.82. The summed E-state index contributed by atoms with van der Waals surface area (Å²) in [6.07, 6.45) is 0. The van der Waals surface area contributed by atoms with E-state index >= 15 is 0 Å². The lowest BCUT2D eigenvalue weighted by Gasteiger charge is -1.95. The molecular formula is C6H7N3OS. The Bertz CT molecular complexity index is 289. The molecule has 0 fully saturated rings. The molecule has 0 aliphatic rings. The number of nitrogen functional groups attached to an aromatic ring is 1. The monoisotopic (exact) mass is 169 g/mol. The van der Waals surface area contributed by atoms with Crippen molar-refractivity contribution in [1.29, 1.82) is 5.26 Å². The number of nitrogens with zero attached hydrogens (tertiary/aromatic N) is 2.